The van der Waals surface area contributed by atoms with E-state index in [-0.39, 0.29) is 6.42 Å². The molecule has 1 aliphatic rings. The molecule has 0 saturated carbocycles. The summed E-state index contributed by atoms with van der Waals surface area (Å²) >= 11 is 0. The van der Waals surface area contributed by atoms with E-state index in [0.29, 0.717) is 24.3 Å². The lowest BCUT2D eigenvalue weighted by molar-refractivity contribution is -0.145. The molecule has 1 fully saturated rings. The number of H-pyrrole nitrogens is 1. The number of hydrogen-bond acceptors (Lipinski definition) is 4. The first kappa shape index (κ1) is 11.0. The van der Waals surface area contributed by atoms with Gasteiger partial charge in [-0.05, 0) is 17.7 Å². The van der Waals surface area contributed by atoms with Crippen LogP contribution in [0.4, 0.5) is 0 Å². The highest BCUT2D eigenvalue weighted by molar-refractivity contribution is 5.75. The van der Waals surface area contributed by atoms with Crippen LogP contribution >= 0.6 is 0 Å². The fourth-order valence-electron chi connectivity index (χ4n) is 2.29. The third-order valence-electron chi connectivity index (χ3n) is 3.28. The molecule has 3 rings (SSSR count). The Bertz CT molecular complexity index is 664. The number of oxazole rings is 1. The van der Waals surface area contributed by atoms with E-state index in [1.54, 1.807) is 18.2 Å². The molecule has 94 valence electrons. The zero-order valence-corrected chi connectivity index (χ0v) is 9.43. The number of carboxylic acid groups (broad SMARTS) is 1. The number of fused-ring (bicyclic) bond motifs is 1. The van der Waals surface area contributed by atoms with Crippen molar-refractivity contribution < 1.29 is 19.1 Å². The molecular weight excluding hydrogens is 238 g/mol. The van der Waals surface area contributed by atoms with Gasteiger partial charge in [0.1, 0.15) is 0 Å². The monoisotopic (exact) mass is 249 g/mol. The first-order chi connectivity index (χ1) is 8.59. The van der Waals surface area contributed by atoms with Gasteiger partial charge >= 0.3 is 11.7 Å². The topological polar surface area (TPSA) is 92.5 Å². The van der Waals surface area contributed by atoms with E-state index in [9.17, 15) is 9.59 Å². The predicted molar refractivity (Wildman–Crippen MR) is 61.6 cm³/mol. The number of aliphatic carboxylic acids is 1. The quantitative estimate of drug-likeness (QED) is 0.841. The minimum Gasteiger partial charge on any atom is -0.481 e. The van der Waals surface area contributed by atoms with E-state index < -0.39 is 17.1 Å². The first-order valence-corrected chi connectivity index (χ1v) is 5.52. The second-order valence-electron chi connectivity index (χ2n) is 4.57. The van der Waals surface area contributed by atoms with Crippen LogP contribution < -0.4 is 5.76 Å². The number of carbonyl (C=O) groups is 1. The van der Waals surface area contributed by atoms with E-state index in [0.717, 1.165) is 5.56 Å². The van der Waals surface area contributed by atoms with Gasteiger partial charge in [0, 0.05) is 0 Å². The van der Waals surface area contributed by atoms with Crippen molar-refractivity contribution in [1.82, 2.24) is 4.98 Å². The van der Waals surface area contributed by atoms with Gasteiger partial charge in [-0.2, -0.15) is 0 Å². The Morgan fingerprint density at radius 3 is 2.83 bits per heavy atom. The van der Waals surface area contributed by atoms with Crippen molar-refractivity contribution in [2.24, 2.45) is 0 Å². The molecule has 0 radical (unpaired) electrons. The first-order valence-electron chi connectivity index (χ1n) is 5.52. The van der Waals surface area contributed by atoms with E-state index >= 15 is 0 Å². The largest absolute Gasteiger partial charge is 0.481 e. The summed E-state index contributed by atoms with van der Waals surface area (Å²) in [5.74, 6) is -1.38. The molecule has 2 heterocycles. The Kier molecular flexibility index (Phi) is 2.27. The molecule has 1 aromatic carbocycles. The lowest BCUT2D eigenvalue weighted by atomic mass is 9.76. The van der Waals surface area contributed by atoms with Crippen molar-refractivity contribution in [3.63, 3.8) is 0 Å². The number of ether oxygens (including phenoxy) is 1. The van der Waals surface area contributed by atoms with Crippen molar-refractivity contribution in [3.05, 3.63) is 34.3 Å². The minimum absolute atomic E-state index is 0.0145. The highest BCUT2D eigenvalue weighted by atomic mass is 16.5. The number of aromatic amines is 1. The van der Waals surface area contributed by atoms with Crippen LogP contribution in [-0.4, -0.2) is 29.3 Å². The number of benzene rings is 1. The normalized spacial score (nSPS) is 17.6. The second-order valence-corrected chi connectivity index (χ2v) is 4.57. The van der Waals surface area contributed by atoms with E-state index in [2.05, 4.69) is 4.98 Å². The smallest absolute Gasteiger partial charge is 0.417 e. The lowest BCUT2D eigenvalue weighted by Gasteiger charge is -2.40. The average Bonchev–Trinajstić information content (AvgIpc) is 2.62. The maximum absolute atomic E-state index is 11.1. The van der Waals surface area contributed by atoms with Crippen molar-refractivity contribution in [1.29, 1.82) is 0 Å². The zero-order chi connectivity index (χ0) is 12.8. The van der Waals surface area contributed by atoms with Crippen LogP contribution in [0.25, 0.3) is 11.1 Å². The number of hydrogen-bond donors (Lipinski definition) is 2. The maximum atomic E-state index is 11.1. The Hall–Kier alpha value is -2.08. The van der Waals surface area contributed by atoms with Gasteiger partial charge in [0.15, 0.2) is 5.58 Å². The van der Waals surface area contributed by atoms with Crippen molar-refractivity contribution in [3.8, 4) is 0 Å². The summed E-state index contributed by atoms with van der Waals surface area (Å²) in [5, 5.41) is 8.96. The second kappa shape index (κ2) is 3.71. The molecule has 0 unspecified atom stereocenters. The van der Waals surface area contributed by atoms with Crippen molar-refractivity contribution in [2.75, 3.05) is 13.2 Å². The minimum atomic E-state index is -0.862. The summed E-state index contributed by atoms with van der Waals surface area (Å²) < 4.78 is 10.1. The zero-order valence-electron chi connectivity index (χ0n) is 9.43. The van der Waals surface area contributed by atoms with Gasteiger partial charge in [0.25, 0.3) is 0 Å². The van der Waals surface area contributed by atoms with Crippen LogP contribution in [0.1, 0.15) is 12.0 Å². The molecule has 6 heteroatoms. The fraction of sp³-hybridized carbons (Fsp3) is 0.333. The molecule has 0 bridgehead atoms. The molecule has 0 aliphatic carbocycles. The summed E-state index contributed by atoms with van der Waals surface area (Å²) in [6, 6.07) is 5.21. The Labute approximate surface area is 101 Å². The molecule has 2 aromatic rings. The third kappa shape index (κ3) is 1.62. The summed E-state index contributed by atoms with van der Waals surface area (Å²) in [4.78, 5) is 24.5. The molecule has 0 spiro atoms. The molecule has 6 nitrogen and oxygen atoms in total. The predicted octanol–water partition coefficient (Wildman–Crippen LogP) is 0.864. The Morgan fingerprint density at radius 1 is 1.44 bits per heavy atom. The van der Waals surface area contributed by atoms with Gasteiger partial charge < -0.3 is 14.3 Å². The molecule has 18 heavy (non-hydrogen) atoms. The molecule has 1 aromatic heterocycles. The standard InChI is InChI=1S/C12H11NO5/c14-10(15)4-12(5-17-6-12)7-1-2-9-8(3-7)13-11(16)18-9/h1-3H,4-6H2,(H,13,16)(H,14,15). The van der Waals surface area contributed by atoms with Crippen LogP contribution in [0.5, 0.6) is 0 Å². The summed E-state index contributed by atoms with van der Waals surface area (Å²) in [6.07, 6.45) is 0.0145. The highest BCUT2D eigenvalue weighted by Gasteiger charge is 2.42. The summed E-state index contributed by atoms with van der Waals surface area (Å²) in [6.45, 7) is 0.764. The van der Waals surface area contributed by atoms with Crippen LogP contribution in [0, 0.1) is 0 Å². The van der Waals surface area contributed by atoms with Crippen LogP contribution in [0.3, 0.4) is 0 Å². The number of rotatable bonds is 3. The van der Waals surface area contributed by atoms with Gasteiger partial charge in [0.2, 0.25) is 0 Å². The number of aromatic nitrogens is 1. The molecule has 1 saturated heterocycles. The van der Waals surface area contributed by atoms with Crippen molar-refractivity contribution in [2.45, 2.75) is 11.8 Å². The van der Waals surface area contributed by atoms with Gasteiger partial charge in [-0.25, -0.2) is 4.79 Å². The van der Waals surface area contributed by atoms with Gasteiger partial charge in [-0.15, -0.1) is 0 Å². The maximum Gasteiger partial charge on any atom is 0.417 e. The Balaban J connectivity index is 2.06. The van der Waals surface area contributed by atoms with Crippen molar-refractivity contribution >= 4 is 17.1 Å². The lowest BCUT2D eigenvalue weighted by Crippen LogP contribution is -2.48. The number of carboxylic acids is 1. The van der Waals surface area contributed by atoms with E-state index in [4.69, 9.17) is 14.3 Å². The summed E-state index contributed by atoms with van der Waals surface area (Å²) in [5.41, 5.74) is 1.40. The van der Waals surface area contributed by atoms with Gasteiger partial charge in [0.05, 0.1) is 30.6 Å². The SMILES string of the molecule is O=C(O)CC1(c2ccc3oc(=O)[nH]c3c2)COC1. The van der Waals surface area contributed by atoms with Gasteiger partial charge in [-0.1, -0.05) is 6.07 Å². The third-order valence-corrected chi connectivity index (χ3v) is 3.28. The number of nitrogens with one attached hydrogen (secondary N) is 1. The van der Waals surface area contributed by atoms with Crippen LogP contribution in [-0.2, 0) is 14.9 Å². The fourth-order valence-corrected chi connectivity index (χ4v) is 2.29. The Morgan fingerprint density at radius 2 is 2.22 bits per heavy atom. The van der Waals surface area contributed by atoms with Crippen LogP contribution in [0.2, 0.25) is 0 Å². The van der Waals surface area contributed by atoms with Crippen LogP contribution in [0.15, 0.2) is 27.4 Å². The molecule has 0 amide bonds. The molecule has 2 N–H and O–H groups in total. The average molecular weight is 249 g/mol. The highest BCUT2D eigenvalue weighted by Crippen LogP contribution is 2.36. The van der Waals surface area contributed by atoms with Gasteiger partial charge in [-0.3, -0.25) is 9.78 Å². The molecule has 0 atom stereocenters. The summed E-state index contributed by atoms with van der Waals surface area (Å²) in [7, 11) is 0. The molecular formula is C12H11NO5. The van der Waals surface area contributed by atoms with E-state index in [1.165, 1.54) is 0 Å². The van der Waals surface area contributed by atoms with E-state index in [1.807, 2.05) is 0 Å². The molecule has 1 aliphatic heterocycles.